The minimum absolute atomic E-state index is 0.0565. The number of nitrogens with zero attached hydrogens (tertiary/aromatic N) is 2. The fraction of sp³-hybridized carbons (Fsp3) is 0.0714. The van der Waals surface area contributed by atoms with Gasteiger partial charge in [-0.3, -0.25) is 18.8 Å². The molecule has 2 heterocycles. The van der Waals surface area contributed by atoms with Crippen LogP contribution in [0.4, 0.5) is 0 Å². The Kier molecular flexibility index (Phi) is 3.76. The zero-order chi connectivity index (χ0) is 14.7. The summed E-state index contributed by atoms with van der Waals surface area (Å²) in [5.41, 5.74) is 2.70. The molecule has 0 aliphatic carbocycles. The summed E-state index contributed by atoms with van der Waals surface area (Å²) in [6, 6.07) is 9.40. The Labute approximate surface area is 123 Å². The van der Waals surface area contributed by atoms with Crippen molar-refractivity contribution in [3.05, 3.63) is 69.6 Å². The molecule has 0 atom stereocenters. The minimum atomic E-state index is -0.607. The molecular formula is C14H11N3O3S. The summed E-state index contributed by atoms with van der Waals surface area (Å²) in [6.07, 6.45) is 2.84. The first kappa shape index (κ1) is 13.5. The molecule has 3 aromatic rings. The highest BCUT2D eigenvalue weighted by molar-refractivity contribution is 7.15. The third kappa shape index (κ3) is 2.83. The lowest BCUT2D eigenvalue weighted by Gasteiger charge is -2.05. The minimum Gasteiger partial charge on any atom is -0.269 e. The van der Waals surface area contributed by atoms with Crippen molar-refractivity contribution in [2.24, 2.45) is 0 Å². The van der Waals surface area contributed by atoms with E-state index in [1.54, 1.807) is 11.6 Å². The fourth-order valence-electron chi connectivity index (χ4n) is 1.79. The van der Waals surface area contributed by atoms with E-state index in [2.05, 4.69) is 10.5 Å². The van der Waals surface area contributed by atoms with E-state index < -0.39 is 11.5 Å². The summed E-state index contributed by atoms with van der Waals surface area (Å²) < 4.78 is 1.33. The van der Waals surface area contributed by atoms with Crippen molar-refractivity contribution < 1.29 is 9.63 Å². The number of benzene rings is 1. The van der Waals surface area contributed by atoms with Crippen molar-refractivity contribution in [1.82, 2.24) is 14.9 Å². The van der Waals surface area contributed by atoms with Crippen molar-refractivity contribution in [3.63, 3.8) is 0 Å². The van der Waals surface area contributed by atoms with Crippen LogP contribution in [0.15, 0.2) is 52.9 Å². The van der Waals surface area contributed by atoms with Crippen LogP contribution in [0.1, 0.15) is 15.9 Å². The van der Waals surface area contributed by atoms with Gasteiger partial charge in [-0.1, -0.05) is 30.3 Å². The monoisotopic (exact) mass is 301 g/mol. The maximum absolute atomic E-state index is 12.1. The van der Waals surface area contributed by atoms with Crippen LogP contribution < -0.4 is 11.0 Å². The molecule has 0 fully saturated rings. The lowest BCUT2D eigenvalue weighted by Crippen LogP contribution is -2.31. The molecule has 0 saturated carbocycles. The molecule has 6 nitrogen and oxygen atoms in total. The largest absolute Gasteiger partial charge is 0.282 e. The first-order valence-corrected chi connectivity index (χ1v) is 7.04. The van der Waals surface area contributed by atoms with Crippen LogP contribution >= 0.6 is 11.3 Å². The summed E-state index contributed by atoms with van der Waals surface area (Å²) >= 11 is 1.33. The molecule has 2 aromatic heterocycles. The molecule has 1 aromatic carbocycles. The molecule has 106 valence electrons. The average Bonchev–Trinajstić information content (AvgIpc) is 2.98. The Balaban J connectivity index is 1.69. The van der Waals surface area contributed by atoms with Crippen LogP contribution in [0.3, 0.4) is 0 Å². The van der Waals surface area contributed by atoms with Gasteiger partial charge in [-0.05, 0) is 5.56 Å². The van der Waals surface area contributed by atoms with E-state index in [0.717, 1.165) is 5.56 Å². The second-order valence-corrected chi connectivity index (χ2v) is 5.11. The van der Waals surface area contributed by atoms with Crippen LogP contribution in [0.25, 0.3) is 4.96 Å². The molecule has 0 spiro atoms. The topological polar surface area (TPSA) is 72.7 Å². The number of fused-ring (bicyclic) bond motifs is 1. The molecule has 0 unspecified atom stereocenters. The van der Waals surface area contributed by atoms with Crippen LogP contribution in [-0.2, 0) is 11.4 Å². The van der Waals surface area contributed by atoms with E-state index in [9.17, 15) is 9.59 Å². The molecule has 0 aliphatic heterocycles. The summed E-state index contributed by atoms with van der Waals surface area (Å²) in [5, 5.41) is 1.73. The maximum atomic E-state index is 12.1. The molecule has 0 aliphatic rings. The van der Waals surface area contributed by atoms with E-state index in [4.69, 9.17) is 4.84 Å². The number of carbonyl (C=O) groups excluding carboxylic acids is 1. The van der Waals surface area contributed by atoms with Gasteiger partial charge in [0.2, 0.25) is 0 Å². The highest BCUT2D eigenvalue weighted by Crippen LogP contribution is 2.05. The van der Waals surface area contributed by atoms with Gasteiger partial charge in [0.05, 0.1) is 6.61 Å². The van der Waals surface area contributed by atoms with E-state index in [1.165, 1.54) is 21.9 Å². The normalized spacial score (nSPS) is 10.7. The van der Waals surface area contributed by atoms with Gasteiger partial charge in [-0.15, -0.1) is 11.3 Å². The number of nitrogens with one attached hydrogen (secondary N) is 1. The van der Waals surface area contributed by atoms with Gasteiger partial charge in [0.25, 0.3) is 11.5 Å². The second-order valence-electron chi connectivity index (χ2n) is 4.24. The van der Waals surface area contributed by atoms with Crippen LogP contribution in [0.2, 0.25) is 0 Å². The van der Waals surface area contributed by atoms with Gasteiger partial charge in [0.1, 0.15) is 5.56 Å². The Morgan fingerprint density at radius 2 is 2.14 bits per heavy atom. The van der Waals surface area contributed by atoms with Gasteiger partial charge in [0, 0.05) is 17.8 Å². The van der Waals surface area contributed by atoms with Crippen molar-refractivity contribution in [2.45, 2.75) is 6.61 Å². The van der Waals surface area contributed by atoms with E-state index >= 15 is 0 Å². The molecule has 21 heavy (non-hydrogen) atoms. The summed E-state index contributed by atoms with van der Waals surface area (Å²) in [4.78, 5) is 33.7. The fourth-order valence-corrected chi connectivity index (χ4v) is 2.47. The molecule has 0 bridgehead atoms. The Hall–Kier alpha value is -2.51. The summed E-state index contributed by atoms with van der Waals surface area (Å²) in [7, 11) is 0. The first-order chi connectivity index (χ1) is 10.3. The second kappa shape index (κ2) is 5.86. The Morgan fingerprint density at radius 3 is 2.95 bits per heavy atom. The van der Waals surface area contributed by atoms with Gasteiger partial charge < -0.3 is 0 Å². The molecule has 7 heteroatoms. The maximum Gasteiger partial charge on any atom is 0.282 e. The number of hydrogen-bond acceptors (Lipinski definition) is 5. The average molecular weight is 301 g/mol. The third-order valence-corrected chi connectivity index (χ3v) is 3.60. The lowest BCUT2D eigenvalue weighted by atomic mass is 10.2. The van der Waals surface area contributed by atoms with Gasteiger partial charge in [0.15, 0.2) is 4.96 Å². The van der Waals surface area contributed by atoms with Gasteiger partial charge in [-0.2, -0.15) is 0 Å². The number of carbonyl (C=O) groups is 1. The molecule has 1 N–H and O–H groups in total. The standard InChI is InChI=1S/C14H11N3O3S/c18-12(16-20-9-10-4-2-1-3-5-10)11-8-15-14-17(13(11)19)6-7-21-14/h1-8H,9H2,(H,16,18). The van der Waals surface area contributed by atoms with Gasteiger partial charge in [-0.25, -0.2) is 10.5 Å². The van der Waals surface area contributed by atoms with E-state index in [1.807, 2.05) is 30.3 Å². The highest BCUT2D eigenvalue weighted by Gasteiger charge is 2.13. The predicted molar refractivity (Wildman–Crippen MR) is 78.0 cm³/mol. The molecule has 0 radical (unpaired) electrons. The zero-order valence-corrected chi connectivity index (χ0v) is 11.7. The smallest absolute Gasteiger partial charge is 0.269 e. The molecule has 1 amide bonds. The van der Waals surface area contributed by atoms with Crippen LogP contribution in [0.5, 0.6) is 0 Å². The Morgan fingerprint density at radius 1 is 1.33 bits per heavy atom. The zero-order valence-electron chi connectivity index (χ0n) is 10.9. The number of amides is 1. The number of rotatable bonds is 4. The number of hydrogen-bond donors (Lipinski definition) is 1. The van der Waals surface area contributed by atoms with Crippen LogP contribution in [0, 0.1) is 0 Å². The van der Waals surface area contributed by atoms with Crippen molar-refractivity contribution in [3.8, 4) is 0 Å². The SMILES string of the molecule is O=C(NOCc1ccccc1)c1cnc2sccn2c1=O. The highest BCUT2D eigenvalue weighted by atomic mass is 32.1. The number of hydroxylamine groups is 1. The van der Waals surface area contributed by atoms with E-state index in [0.29, 0.717) is 4.96 Å². The molecular weight excluding hydrogens is 290 g/mol. The molecule has 3 rings (SSSR count). The summed E-state index contributed by atoms with van der Waals surface area (Å²) in [6.45, 7) is 0.224. The third-order valence-electron chi connectivity index (χ3n) is 2.83. The van der Waals surface area contributed by atoms with Crippen molar-refractivity contribution in [1.29, 1.82) is 0 Å². The van der Waals surface area contributed by atoms with E-state index in [-0.39, 0.29) is 12.2 Å². The van der Waals surface area contributed by atoms with Crippen LogP contribution in [-0.4, -0.2) is 15.3 Å². The predicted octanol–water partition coefficient (Wildman–Crippen LogP) is 1.62. The number of thiazole rings is 1. The Bertz CT molecular complexity index is 826. The molecule has 0 saturated heterocycles. The summed E-state index contributed by atoms with van der Waals surface area (Å²) in [5.74, 6) is -0.607. The first-order valence-electron chi connectivity index (χ1n) is 6.16. The quantitative estimate of drug-likeness (QED) is 0.743. The number of aromatic nitrogens is 2. The van der Waals surface area contributed by atoms with Crippen molar-refractivity contribution >= 4 is 22.2 Å². The van der Waals surface area contributed by atoms with Crippen molar-refractivity contribution in [2.75, 3.05) is 0 Å². The lowest BCUT2D eigenvalue weighted by molar-refractivity contribution is 0.0232. The van der Waals surface area contributed by atoms with Gasteiger partial charge >= 0.3 is 0 Å².